The van der Waals surface area contributed by atoms with Crippen molar-refractivity contribution in [2.45, 2.75) is 38.4 Å². The predicted octanol–water partition coefficient (Wildman–Crippen LogP) is 6.67. The second kappa shape index (κ2) is 12.0. The average molecular weight is 562 g/mol. The van der Waals surface area contributed by atoms with Crippen LogP contribution in [0.25, 0.3) is 5.57 Å². The summed E-state index contributed by atoms with van der Waals surface area (Å²) in [6, 6.07) is 18.0. The third kappa shape index (κ3) is 6.96. The number of allylic oxidation sites excluding steroid dienone is 2. The van der Waals surface area contributed by atoms with Crippen molar-refractivity contribution in [1.29, 1.82) is 0 Å². The Morgan fingerprint density at radius 2 is 1.73 bits per heavy atom. The maximum Gasteiger partial charge on any atom is 0.416 e. The van der Waals surface area contributed by atoms with E-state index in [-0.39, 0.29) is 18.2 Å². The van der Waals surface area contributed by atoms with E-state index in [1.54, 1.807) is 24.3 Å². The summed E-state index contributed by atoms with van der Waals surface area (Å²) in [5.74, 6) is -0.409. The molecule has 0 aliphatic heterocycles. The van der Waals surface area contributed by atoms with Crippen molar-refractivity contribution in [2.24, 2.45) is 0 Å². The highest BCUT2D eigenvalue weighted by atomic mass is 19.4. The van der Waals surface area contributed by atoms with Crippen LogP contribution in [-0.2, 0) is 12.7 Å². The van der Waals surface area contributed by atoms with Crippen LogP contribution in [0, 0.1) is 0 Å². The lowest BCUT2D eigenvalue weighted by Gasteiger charge is -2.24. The number of rotatable bonds is 7. The molecule has 1 aliphatic rings. The number of amides is 3. The number of urea groups is 1. The van der Waals surface area contributed by atoms with Crippen molar-refractivity contribution in [3.05, 3.63) is 101 Å². The zero-order chi connectivity index (χ0) is 28.8. The van der Waals surface area contributed by atoms with Gasteiger partial charge in [0, 0.05) is 16.9 Å². The molecule has 3 aromatic carbocycles. The van der Waals surface area contributed by atoms with Gasteiger partial charge in [-0.05, 0) is 90.1 Å². The van der Waals surface area contributed by atoms with E-state index in [0.29, 0.717) is 16.8 Å². The second-order valence-corrected chi connectivity index (χ2v) is 9.50. The van der Waals surface area contributed by atoms with Gasteiger partial charge in [-0.1, -0.05) is 41.5 Å². The number of nitrogens with one attached hydrogen (secondary N) is 3. The molecule has 1 aliphatic carbocycles. The van der Waals surface area contributed by atoms with Crippen LogP contribution in [0.2, 0.25) is 0 Å². The van der Waals surface area contributed by atoms with Gasteiger partial charge < -0.3 is 5.32 Å². The summed E-state index contributed by atoms with van der Waals surface area (Å²) >= 11 is 0. The highest BCUT2D eigenvalue weighted by Gasteiger charge is 2.30. The van der Waals surface area contributed by atoms with E-state index in [9.17, 15) is 22.8 Å². The molecule has 0 fully saturated rings. The van der Waals surface area contributed by atoms with Crippen LogP contribution in [0.5, 0.6) is 0 Å². The van der Waals surface area contributed by atoms with Crippen LogP contribution in [0.3, 0.4) is 0 Å². The fraction of sp³-hybridized carbons (Fsp3) is 0.207. The first-order valence-electron chi connectivity index (χ1n) is 13.0. The normalized spacial score (nSPS) is 13.3. The van der Waals surface area contributed by atoms with Crippen LogP contribution in [0.1, 0.15) is 52.7 Å². The lowest BCUT2D eigenvalue weighted by Crippen LogP contribution is -2.34. The molecule has 0 unspecified atom stereocenters. The Morgan fingerprint density at radius 1 is 0.951 bits per heavy atom. The third-order valence-electron chi connectivity index (χ3n) is 6.65. The lowest BCUT2D eigenvalue weighted by atomic mass is 9.93. The first-order chi connectivity index (χ1) is 19.8. The third-order valence-corrected chi connectivity index (χ3v) is 6.65. The Hall–Kier alpha value is -5.00. The summed E-state index contributed by atoms with van der Waals surface area (Å²) < 4.78 is 39.7. The molecule has 210 valence electrons. The quantitative estimate of drug-likeness (QED) is 0.233. The molecule has 0 saturated heterocycles. The molecule has 4 aromatic rings. The van der Waals surface area contributed by atoms with Crippen LogP contribution in [-0.4, -0.2) is 32.6 Å². The number of aromatic amines is 1. The first-order valence-corrected chi connectivity index (χ1v) is 13.0. The van der Waals surface area contributed by atoms with Crippen molar-refractivity contribution in [3.8, 4) is 0 Å². The Morgan fingerprint density at radius 3 is 2.39 bits per heavy atom. The number of carbonyl (C=O) groups is 2. The molecular formula is C29H26F3N7O2. The molecule has 5 rings (SSSR count). The molecule has 1 aromatic heterocycles. The van der Waals surface area contributed by atoms with Crippen LogP contribution in [0.4, 0.5) is 35.3 Å². The van der Waals surface area contributed by atoms with Gasteiger partial charge in [0.1, 0.15) is 0 Å². The van der Waals surface area contributed by atoms with Gasteiger partial charge in [0.15, 0.2) is 0 Å². The van der Waals surface area contributed by atoms with E-state index in [0.717, 1.165) is 37.0 Å². The van der Waals surface area contributed by atoms with E-state index in [1.807, 2.05) is 24.3 Å². The van der Waals surface area contributed by atoms with Gasteiger partial charge >= 0.3 is 12.2 Å². The Bertz CT molecular complexity index is 1530. The van der Waals surface area contributed by atoms with Gasteiger partial charge in [-0.3, -0.25) is 15.0 Å². The zero-order valence-corrected chi connectivity index (χ0v) is 21.8. The van der Waals surface area contributed by atoms with E-state index < -0.39 is 23.7 Å². The number of hydrogen-bond acceptors (Lipinski definition) is 5. The van der Waals surface area contributed by atoms with Crippen molar-refractivity contribution >= 4 is 34.8 Å². The van der Waals surface area contributed by atoms with Crippen molar-refractivity contribution in [3.63, 3.8) is 0 Å². The summed E-state index contributed by atoms with van der Waals surface area (Å²) in [4.78, 5) is 27.3. The number of carbonyl (C=O) groups excluding carboxylic acids is 2. The SMILES string of the molecule is O=C(Nc1nn[nH]n1)c1ccc(CN(C(=O)Nc2cccc(C(F)(F)F)c2)c2ccc(C3=CCCCC3)cc2)cc1. The van der Waals surface area contributed by atoms with Crippen molar-refractivity contribution < 1.29 is 22.8 Å². The fourth-order valence-electron chi connectivity index (χ4n) is 4.53. The summed E-state index contributed by atoms with van der Waals surface area (Å²) in [5.41, 5.74) is 3.09. The van der Waals surface area contributed by atoms with Gasteiger partial charge in [-0.15, -0.1) is 5.10 Å². The summed E-state index contributed by atoms with van der Waals surface area (Å²) in [6.07, 6.45) is 2.01. The highest BCUT2D eigenvalue weighted by molar-refractivity contribution is 6.03. The minimum Gasteiger partial charge on any atom is -0.308 e. The van der Waals surface area contributed by atoms with E-state index in [4.69, 9.17) is 0 Å². The molecule has 0 bridgehead atoms. The second-order valence-electron chi connectivity index (χ2n) is 9.50. The molecule has 3 amide bonds. The molecule has 0 saturated carbocycles. The van der Waals surface area contributed by atoms with Crippen LogP contribution in [0.15, 0.2) is 78.9 Å². The highest BCUT2D eigenvalue weighted by Crippen LogP contribution is 2.32. The molecule has 0 atom stereocenters. The first kappa shape index (κ1) is 27.6. The average Bonchev–Trinajstić information content (AvgIpc) is 3.49. The molecular weight excluding hydrogens is 535 g/mol. The summed E-state index contributed by atoms with van der Waals surface area (Å²) in [7, 11) is 0. The molecule has 0 spiro atoms. The molecule has 12 heteroatoms. The van der Waals surface area contributed by atoms with Crippen LogP contribution < -0.4 is 15.5 Å². The van der Waals surface area contributed by atoms with Gasteiger partial charge in [0.2, 0.25) is 0 Å². The van der Waals surface area contributed by atoms with Gasteiger partial charge in [0.25, 0.3) is 11.9 Å². The van der Waals surface area contributed by atoms with E-state index in [1.165, 1.54) is 29.0 Å². The molecule has 3 N–H and O–H groups in total. The Labute approximate surface area is 233 Å². The number of tetrazole rings is 1. The standard InChI is InChI=1S/C29H26F3N7O2/c30-29(31,32)23-7-4-8-24(17-23)33-28(41)39(25-15-13-21(14-16-25)20-5-2-1-3-6-20)18-19-9-11-22(12-10-19)26(40)34-27-35-37-38-36-27/h4-5,7-17H,1-3,6,18H2,(H,33,41)(H2,34,35,36,37,38,40). The molecule has 41 heavy (non-hydrogen) atoms. The van der Waals surface area contributed by atoms with Gasteiger partial charge in [-0.25, -0.2) is 4.79 Å². The smallest absolute Gasteiger partial charge is 0.308 e. The number of anilines is 3. The Kier molecular flexibility index (Phi) is 8.09. The minimum atomic E-state index is -4.54. The van der Waals surface area contributed by atoms with Crippen LogP contribution >= 0.6 is 0 Å². The van der Waals surface area contributed by atoms with Crippen molar-refractivity contribution in [2.75, 3.05) is 15.5 Å². The molecule has 9 nitrogen and oxygen atoms in total. The maximum atomic E-state index is 13.5. The van der Waals surface area contributed by atoms with Crippen molar-refractivity contribution in [1.82, 2.24) is 20.6 Å². The maximum absolute atomic E-state index is 13.5. The predicted molar refractivity (Wildman–Crippen MR) is 148 cm³/mol. The topological polar surface area (TPSA) is 116 Å². The number of halogens is 3. The fourth-order valence-corrected chi connectivity index (χ4v) is 4.53. The summed E-state index contributed by atoms with van der Waals surface area (Å²) in [6.45, 7) is 0.0968. The lowest BCUT2D eigenvalue weighted by molar-refractivity contribution is -0.137. The van der Waals surface area contributed by atoms with E-state index in [2.05, 4.69) is 37.3 Å². The largest absolute Gasteiger partial charge is 0.416 e. The summed E-state index contributed by atoms with van der Waals surface area (Å²) in [5, 5.41) is 18.1. The number of benzene rings is 3. The molecule has 0 radical (unpaired) electrons. The van der Waals surface area contributed by atoms with Gasteiger partial charge in [-0.2, -0.15) is 18.4 Å². The minimum absolute atomic E-state index is 0.0206. The number of aromatic nitrogens is 4. The number of alkyl halides is 3. The number of H-pyrrole nitrogens is 1. The van der Waals surface area contributed by atoms with E-state index >= 15 is 0 Å². The zero-order valence-electron chi connectivity index (χ0n) is 21.8. The van der Waals surface area contributed by atoms with Gasteiger partial charge in [0.05, 0.1) is 12.1 Å². The number of hydrogen-bond donors (Lipinski definition) is 3. The number of nitrogens with zero attached hydrogens (tertiary/aromatic N) is 4. The monoisotopic (exact) mass is 561 g/mol. The Balaban J connectivity index is 1.38. The molecule has 1 heterocycles.